The molecule has 2 nitrogen and oxygen atoms in total. The van der Waals surface area contributed by atoms with Gasteiger partial charge in [-0.3, -0.25) is 0 Å². The summed E-state index contributed by atoms with van der Waals surface area (Å²) in [7, 11) is 0. The Labute approximate surface area is 161 Å². The van der Waals surface area contributed by atoms with Gasteiger partial charge in [0.2, 0.25) is 0 Å². The van der Waals surface area contributed by atoms with Gasteiger partial charge in [-0.15, -0.1) is 0 Å². The lowest BCUT2D eigenvalue weighted by Crippen LogP contribution is -2.41. The van der Waals surface area contributed by atoms with Crippen molar-refractivity contribution in [3.8, 4) is 0 Å². The molecule has 2 N–H and O–H groups in total. The minimum Gasteiger partial charge on any atom is -0.308 e. The van der Waals surface area contributed by atoms with Crippen LogP contribution in [0.5, 0.6) is 0 Å². The fourth-order valence-electron chi connectivity index (χ4n) is 3.33. The molecule has 0 aliphatic rings. The van der Waals surface area contributed by atoms with Gasteiger partial charge in [0.15, 0.2) is 0 Å². The Hall–Kier alpha value is -2.49. The highest BCUT2D eigenvalue weighted by atomic mass is 19.1. The van der Waals surface area contributed by atoms with E-state index in [-0.39, 0.29) is 17.9 Å². The van der Waals surface area contributed by atoms with E-state index in [2.05, 4.69) is 66.1 Å². The number of halogens is 1. The van der Waals surface area contributed by atoms with Gasteiger partial charge in [0.25, 0.3) is 0 Å². The smallest absolute Gasteiger partial charge is 0.123 e. The third kappa shape index (κ3) is 5.75. The molecule has 140 valence electrons. The molecule has 0 saturated heterocycles. The number of rotatable bonds is 9. The van der Waals surface area contributed by atoms with E-state index < -0.39 is 0 Å². The second kappa shape index (κ2) is 10.0. The van der Waals surface area contributed by atoms with Crippen molar-refractivity contribution in [1.29, 1.82) is 0 Å². The third-order valence-corrected chi connectivity index (χ3v) is 4.85. The van der Waals surface area contributed by atoms with Crippen LogP contribution in [0.25, 0.3) is 0 Å². The van der Waals surface area contributed by atoms with Crippen LogP contribution in [0.1, 0.15) is 36.1 Å². The SMILES string of the molecule is CC[C@H](NCc1ccccc1)[C@H](NCc1ccccc1)c1ccc(F)cc1. The number of hydrogen-bond acceptors (Lipinski definition) is 2. The molecule has 0 aliphatic carbocycles. The lowest BCUT2D eigenvalue weighted by atomic mass is 9.96. The first-order chi connectivity index (χ1) is 13.3. The molecule has 2 atom stereocenters. The first-order valence-corrected chi connectivity index (χ1v) is 9.56. The van der Waals surface area contributed by atoms with Gasteiger partial charge in [-0.25, -0.2) is 4.39 Å². The van der Waals surface area contributed by atoms with E-state index in [4.69, 9.17) is 0 Å². The number of hydrogen-bond donors (Lipinski definition) is 2. The van der Waals surface area contributed by atoms with E-state index in [0.29, 0.717) is 0 Å². The molecular weight excluding hydrogens is 335 g/mol. The van der Waals surface area contributed by atoms with Crippen LogP contribution in [-0.2, 0) is 13.1 Å². The third-order valence-electron chi connectivity index (χ3n) is 4.85. The van der Waals surface area contributed by atoms with Crippen LogP contribution in [-0.4, -0.2) is 6.04 Å². The predicted molar refractivity (Wildman–Crippen MR) is 110 cm³/mol. The Kier molecular flexibility index (Phi) is 7.14. The van der Waals surface area contributed by atoms with Crippen LogP contribution >= 0.6 is 0 Å². The summed E-state index contributed by atoms with van der Waals surface area (Å²) in [6.07, 6.45) is 0.969. The summed E-state index contributed by atoms with van der Waals surface area (Å²) in [6.45, 7) is 3.76. The fraction of sp³-hybridized carbons (Fsp3) is 0.250. The zero-order valence-electron chi connectivity index (χ0n) is 15.7. The molecular formula is C24H27FN2. The zero-order chi connectivity index (χ0) is 18.9. The van der Waals surface area contributed by atoms with Crippen molar-refractivity contribution in [2.45, 2.75) is 38.5 Å². The lowest BCUT2D eigenvalue weighted by molar-refractivity contribution is 0.363. The van der Waals surface area contributed by atoms with Gasteiger partial charge in [0.05, 0.1) is 0 Å². The maximum atomic E-state index is 13.4. The van der Waals surface area contributed by atoms with Gasteiger partial charge in [0.1, 0.15) is 5.82 Å². The average Bonchev–Trinajstić information content (AvgIpc) is 2.73. The highest BCUT2D eigenvalue weighted by molar-refractivity contribution is 5.23. The summed E-state index contributed by atoms with van der Waals surface area (Å²) in [5.41, 5.74) is 3.60. The molecule has 0 fully saturated rings. The Morgan fingerprint density at radius 2 is 1.22 bits per heavy atom. The van der Waals surface area contributed by atoms with E-state index in [9.17, 15) is 4.39 Å². The highest BCUT2D eigenvalue weighted by Crippen LogP contribution is 2.21. The average molecular weight is 362 g/mol. The van der Waals surface area contributed by atoms with Crippen LogP contribution in [0, 0.1) is 5.82 Å². The van der Waals surface area contributed by atoms with Crippen molar-refractivity contribution in [3.05, 3.63) is 107 Å². The largest absolute Gasteiger partial charge is 0.308 e. The van der Waals surface area contributed by atoms with Crippen molar-refractivity contribution >= 4 is 0 Å². The fourth-order valence-corrected chi connectivity index (χ4v) is 3.33. The standard InChI is InChI=1S/C24H27FN2/c1-2-23(26-17-19-9-5-3-6-10-19)24(21-13-15-22(25)16-14-21)27-18-20-11-7-4-8-12-20/h3-16,23-24,26-27H,2,17-18H2,1H3/t23-,24+/m0/s1. The normalized spacial score (nSPS) is 13.3. The summed E-state index contributed by atoms with van der Waals surface area (Å²) >= 11 is 0. The number of benzene rings is 3. The second-order valence-electron chi connectivity index (χ2n) is 6.78. The van der Waals surface area contributed by atoms with Gasteiger partial charge in [0, 0.05) is 25.2 Å². The topological polar surface area (TPSA) is 24.1 Å². The van der Waals surface area contributed by atoms with Crippen molar-refractivity contribution in [3.63, 3.8) is 0 Å². The second-order valence-corrected chi connectivity index (χ2v) is 6.78. The van der Waals surface area contributed by atoms with Crippen LogP contribution < -0.4 is 10.6 Å². The van der Waals surface area contributed by atoms with Crippen LogP contribution in [0.2, 0.25) is 0 Å². The molecule has 0 amide bonds. The Bertz CT molecular complexity index is 788. The quantitative estimate of drug-likeness (QED) is 0.545. The van der Waals surface area contributed by atoms with Gasteiger partial charge in [-0.05, 0) is 35.2 Å². The maximum Gasteiger partial charge on any atom is 0.123 e. The Balaban J connectivity index is 1.74. The van der Waals surface area contributed by atoms with E-state index in [1.165, 1.54) is 23.3 Å². The van der Waals surface area contributed by atoms with Crippen LogP contribution in [0.4, 0.5) is 4.39 Å². The van der Waals surface area contributed by atoms with Crippen LogP contribution in [0.15, 0.2) is 84.9 Å². The number of nitrogens with one attached hydrogen (secondary N) is 2. The molecule has 0 spiro atoms. The highest BCUT2D eigenvalue weighted by Gasteiger charge is 2.21. The Morgan fingerprint density at radius 3 is 1.74 bits per heavy atom. The van der Waals surface area contributed by atoms with E-state index in [1.807, 2.05) is 24.3 Å². The van der Waals surface area contributed by atoms with Crippen LogP contribution in [0.3, 0.4) is 0 Å². The molecule has 0 aliphatic heterocycles. The molecule has 0 heterocycles. The molecule has 3 heteroatoms. The van der Waals surface area contributed by atoms with Crippen molar-refractivity contribution < 1.29 is 4.39 Å². The summed E-state index contributed by atoms with van der Waals surface area (Å²) in [4.78, 5) is 0. The monoisotopic (exact) mass is 362 g/mol. The molecule has 0 aromatic heterocycles. The van der Waals surface area contributed by atoms with Gasteiger partial charge in [-0.1, -0.05) is 79.7 Å². The molecule has 0 bridgehead atoms. The molecule has 0 unspecified atom stereocenters. The Morgan fingerprint density at radius 1 is 0.704 bits per heavy atom. The van der Waals surface area contributed by atoms with E-state index in [0.717, 1.165) is 25.1 Å². The van der Waals surface area contributed by atoms with Crippen molar-refractivity contribution in [2.24, 2.45) is 0 Å². The summed E-state index contributed by atoms with van der Waals surface area (Å²) < 4.78 is 13.4. The molecule has 3 rings (SSSR count). The maximum absolute atomic E-state index is 13.4. The first kappa shape index (κ1) is 19.3. The van der Waals surface area contributed by atoms with Crippen molar-refractivity contribution in [2.75, 3.05) is 0 Å². The molecule has 0 radical (unpaired) electrons. The lowest BCUT2D eigenvalue weighted by Gasteiger charge is -2.29. The molecule has 3 aromatic carbocycles. The minimum absolute atomic E-state index is 0.0968. The van der Waals surface area contributed by atoms with E-state index in [1.54, 1.807) is 0 Å². The van der Waals surface area contributed by atoms with Gasteiger partial charge >= 0.3 is 0 Å². The molecule has 0 saturated carbocycles. The van der Waals surface area contributed by atoms with Gasteiger partial charge in [-0.2, -0.15) is 0 Å². The molecule has 3 aromatic rings. The molecule has 27 heavy (non-hydrogen) atoms. The van der Waals surface area contributed by atoms with Gasteiger partial charge < -0.3 is 10.6 Å². The van der Waals surface area contributed by atoms with E-state index >= 15 is 0 Å². The zero-order valence-corrected chi connectivity index (χ0v) is 15.7. The first-order valence-electron chi connectivity index (χ1n) is 9.56. The summed E-state index contributed by atoms with van der Waals surface area (Å²) in [6, 6.07) is 27.9. The minimum atomic E-state index is -0.203. The predicted octanol–water partition coefficient (Wildman–Crippen LogP) is 5.23. The summed E-state index contributed by atoms with van der Waals surface area (Å²) in [5.74, 6) is -0.203. The van der Waals surface area contributed by atoms with Crippen molar-refractivity contribution in [1.82, 2.24) is 10.6 Å². The summed E-state index contributed by atoms with van der Waals surface area (Å²) in [5, 5.41) is 7.35.